The van der Waals surface area contributed by atoms with Gasteiger partial charge in [0.25, 0.3) is 0 Å². The minimum Gasteiger partial charge on any atom is -0.341 e. The second kappa shape index (κ2) is 5.54. The van der Waals surface area contributed by atoms with Crippen LogP contribution in [0.2, 0.25) is 0 Å². The molecule has 0 fully saturated rings. The zero-order valence-corrected chi connectivity index (χ0v) is 15.7. The van der Waals surface area contributed by atoms with Crippen molar-refractivity contribution in [3.8, 4) is 23.0 Å². The average molecular weight is 356 g/mol. The Kier molecular flexibility index (Phi) is 3.25. The lowest BCUT2D eigenvalue weighted by Crippen LogP contribution is -1.87. The molecule has 0 radical (unpaired) electrons. The van der Waals surface area contributed by atoms with Crippen molar-refractivity contribution in [3.05, 3.63) is 52.8 Å². The fourth-order valence-corrected chi connectivity index (χ4v) is 3.42. The van der Waals surface area contributed by atoms with Gasteiger partial charge in [-0.25, -0.2) is 15.0 Å². The third-order valence-electron chi connectivity index (χ3n) is 5.30. The van der Waals surface area contributed by atoms with E-state index in [9.17, 15) is 0 Å². The van der Waals surface area contributed by atoms with Crippen LogP contribution in [0.4, 0.5) is 0 Å². The number of hydrogen-bond donors (Lipinski definition) is 3. The van der Waals surface area contributed by atoms with Crippen molar-refractivity contribution in [2.75, 3.05) is 0 Å². The maximum Gasteiger partial charge on any atom is 0.159 e. The van der Waals surface area contributed by atoms with Gasteiger partial charge in [-0.1, -0.05) is 0 Å². The van der Waals surface area contributed by atoms with Crippen LogP contribution in [0.5, 0.6) is 0 Å². The highest BCUT2D eigenvalue weighted by molar-refractivity contribution is 5.85. The van der Waals surface area contributed by atoms with E-state index in [0.717, 1.165) is 45.1 Å². The number of rotatable bonds is 2. The molecule has 5 aromatic rings. The first-order chi connectivity index (χ1) is 13.0. The molecule has 0 bridgehead atoms. The number of nitrogens with zero attached hydrogens (tertiary/aromatic N) is 3. The van der Waals surface area contributed by atoms with Gasteiger partial charge in [0, 0.05) is 0 Å². The number of aromatic amines is 3. The van der Waals surface area contributed by atoms with E-state index in [1.807, 2.05) is 0 Å². The van der Waals surface area contributed by atoms with Crippen LogP contribution in [0.3, 0.4) is 0 Å². The summed E-state index contributed by atoms with van der Waals surface area (Å²) < 4.78 is 0. The van der Waals surface area contributed by atoms with Crippen molar-refractivity contribution in [1.29, 1.82) is 0 Å². The van der Waals surface area contributed by atoms with Gasteiger partial charge in [-0.3, -0.25) is 0 Å². The maximum atomic E-state index is 4.76. The number of aryl methyl sites for hydroxylation is 4. The van der Waals surface area contributed by atoms with Gasteiger partial charge in [-0.05, 0) is 74.2 Å². The number of hydrogen-bond acceptors (Lipinski definition) is 3. The van der Waals surface area contributed by atoms with E-state index in [-0.39, 0.29) is 0 Å². The summed E-state index contributed by atoms with van der Waals surface area (Å²) in [6.45, 7) is 8.41. The highest BCUT2D eigenvalue weighted by atomic mass is 15.0. The molecule has 5 rings (SSSR count). The number of nitrogens with one attached hydrogen (secondary N) is 3. The van der Waals surface area contributed by atoms with Gasteiger partial charge in [-0.15, -0.1) is 0 Å². The first-order valence-electron chi connectivity index (χ1n) is 8.97. The van der Waals surface area contributed by atoms with E-state index in [1.165, 1.54) is 22.3 Å². The zero-order valence-electron chi connectivity index (χ0n) is 15.7. The van der Waals surface area contributed by atoms with Gasteiger partial charge in [0.1, 0.15) is 11.4 Å². The Morgan fingerprint density at radius 3 is 1.81 bits per heavy atom. The number of fused-ring (bicyclic) bond motifs is 2. The Hall–Kier alpha value is -3.41. The molecular weight excluding hydrogens is 336 g/mol. The monoisotopic (exact) mass is 356 g/mol. The fourth-order valence-electron chi connectivity index (χ4n) is 3.42. The van der Waals surface area contributed by atoms with E-state index >= 15 is 0 Å². The molecule has 0 saturated heterocycles. The van der Waals surface area contributed by atoms with Crippen LogP contribution in [-0.4, -0.2) is 29.9 Å². The standard InChI is InChI=1S/C21H20N6/c1-10-5-14-15(6-11(10)2)25-20(24-14)18-19(23-9-22-18)21-26-16-7-12(3)13(4)8-17(16)27-21/h5-9H,1-4H3,(H,22,23)(H,24,25)(H,26,27). The van der Waals surface area contributed by atoms with E-state index in [1.54, 1.807) is 6.33 Å². The van der Waals surface area contributed by atoms with Crippen molar-refractivity contribution in [3.63, 3.8) is 0 Å². The molecule has 3 N–H and O–H groups in total. The number of imidazole rings is 3. The van der Waals surface area contributed by atoms with Crippen LogP contribution in [-0.2, 0) is 0 Å². The van der Waals surface area contributed by atoms with E-state index in [4.69, 9.17) is 9.97 Å². The summed E-state index contributed by atoms with van der Waals surface area (Å²) in [6, 6.07) is 8.46. The first-order valence-corrected chi connectivity index (χ1v) is 8.97. The van der Waals surface area contributed by atoms with Gasteiger partial charge >= 0.3 is 0 Å². The lowest BCUT2D eigenvalue weighted by atomic mass is 10.1. The summed E-state index contributed by atoms with van der Waals surface area (Å²) in [5.41, 5.74) is 10.4. The highest BCUT2D eigenvalue weighted by Gasteiger charge is 2.18. The molecular formula is C21H20N6. The van der Waals surface area contributed by atoms with Gasteiger partial charge in [0.2, 0.25) is 0 Å². The summed E-state index contributed by atoms with van der Waals surface area (Å²) in [4.78, 5) is 24.0. The first kappa shape index (κ1) is 15.8. The number of H-pyrrole nitrogens is 3. The summed E-state index contributed by atoms with van der Waals surface area (Å²) in [5.74, 6) is 1.49. The van der Waals surface area contributed by atoms with Crippen molar-refractivity contribution in [2.24, 2.45) is 0 Å². The Labute approximate surface area is 156 Å². The lowest BCUT2D eigenvalue weighted by Gasteiger charge is -1.97. The van der Waals surface area contributed by atoms with E-state index in [2.05, 4.69) is 71.9 Å². The molecule has 0 aliphatic heterocycles. The number of benzene rings is 2. The molecule has 0 saturated carbocycles. The SMILES string of the molecule is Cc1cc2nc(-c3nc[nH]c3-c3nc4cc(C)c(C)cc4[nH]3)[nH]c2cc1C. The van der Waals surface area contributed by atoms with Gasteiger partial charge < -0.3 is 15.0 Å². The molecule has 6 nitrogen and oxygen atoms in total. The van der Waals surface area contributed by atoms with Gasteiger partial charge in [0.05, 0.1) is 28.4 Å². The second-order valence-corrected chi connectivity index (χ2v) is 7.20. The smallest absolute Gasteiger partial charge is 0.159 e. The molecule has 0 aliphatic rings. The van der Waals surface area contributed by atoms with Crippen LogP contribution in [0.15, 0.2) is 30.6 Å². The van der Waals surface area contributed by atoms with Crippen LogP contribution in [0.1, 0.15) is 22.3 Å². The summed E-state index contributed by atoms with van der Waals surface area (Å²) in [5, 5.41) is 0. The Balaban J connectivity index is 1.66. The molecule has 0 aliphatic carbocycles. The quantitative estimate of drug-likeness (QED) is 0.427. The van der Waals surface area contributed by atoms with Gasteiger partial charge in [-0.2, -0.15) is 0 Å². The lowest BCUT2D eigenvalue weighted by molar-refractivity contribution is 1.26. The van der Waals surface area contributed by atoms with Crippen molar-refractivity contribution in [1.82, 2.24) is 29.9 Å². The molecule has 3 heterocycles. The number of aromatic nitrogens is 6. The van der Waals surface area contributed by atoms with E-state index < -0.39 is 0 Å². The van der Waals surface area contributed by atoms with Crippen LogP contribution in [0.25, 0.3) is 45.1 Å². The van der Waals surface area contributed by atoms with Crippen LogP contribution < -0.4 is 0 Å². The second-order valence-electron chi connectivity index (χ2n) is 7.20. The molecule has 0 atom stereocenters. The normalized spacial score (nSPS) is 11.7. The Morgan fingerprint density at radius 2 is 1.19 bits per heavy atom. The third kappa shape index (κ3) is 2.44. The van der Waals surface area contributed by atoms with Gasteiger partial charge in [0.15, 0.2) is 11.6 Å². The van der Waals surface area contributed by atoms with E-state index in [0.29, 0.717) is 0 Å². The summed E-state index contributed by atoms with van der Waals surface area (Å²) in [7, 11) is 0. The Bertz CT molecular complexity index is 1140. The molecule has 2 aromatic carbocycles. The molecule has 3 aromatic heterocycles. The van der Waals surface area contributed by atoms with Crippen LogP contribution >= 0.6 is 0 Å². The minimum absolute atomic E-state index is 0.735. The minimum atomic E-state index is 0.735. The van der Waals surface area contributed by atoms with Crippen molar-refractivity contribution >= 4 is 22.1 Å². The molecule has 0 spiro atoms. The zero-order chi connectivity index (χ0) is 18.7. The maximum absolute atomic E-state index is 4.76. The highest BCUT2D eigenvalue weighted by Crippen LogP contribution is 2.29. The summed E-state index contributed by atoms with van der Waals surface area (Å²) in [6.07, 6.45) is 1.68. The summed E-state index contributed by atoms with van der Waals surface area (Å²) >= 11 is 0. The predicted octanol–water partition coefficient (Wildman–Crippen LogP) is 4.73. The Morgan fingerprint density at radius 1 is 0.667 bits per heavy atom. The molecule has 0 unspecified atom stereocenters. The topological polar surface area (TPSA) is 86.0 Å². The third-order valence-corrected chi connectivity index (χ3v) is 5.30. The largest absolute Gasteiger partial charge is 0.341 e. The fraction of sp³-hybridized carbons (Fsp3) is 0.190. The predicted molar refractivity (Wildman–Crippen MR) is 108 cm³/mol. The van der Waals surface area contributed by atoms with Crippen LogP contribution in [0, 0.1) is 27.7 Å². The molecule has 6 heteroatoms. The molecule has 27 heavy (non-hydrogen) atoms. The average Bonchev–Trinajstić information content (AvgIpc) is 3.33. The van der Waals surface area contributed by atoms with Crippen molar-refractivity contribution < 1.29 is 0 Å². The molecule has 134 valence electrons. The van der Waals surface area contributed by atoms with Crippen molar-refractivity contribution in [2.45, 2.75) is 27.7 Å². The molecule has 0 amide bonds.